The van der Waals surface area contributed by atoms with Gasteiger partial charge in [-0.25, -0.2) is 8.42 Å². The maximum atomic E-state index is 12.5. The fourth-order valence-electron chi connectivity index (χ4n) is 2.66. The third-order valence-electron chi connectivity index (χ3n) is 4.31. The van der Waals surface area contributed by atoms with Crippen LogP contribution in [-0.2, 0) is 14.6 Å². The van der Waals surface area contributed by atoms with E-state index in [1.165, 1.54) is 6.07 Å². The van der Waals surface area contributed by atoms with Gasteiger partial charge in [0.2, 0.25) is 5.91 Å². The third-order valence-corrected chi connectivity index (χ3v) is 6.60. The SMILES string of the molecule is CCCC[C@H](CC)CNC(=O)CCS(=O)(=O)c1cccc2nsnc12. The molecule has 1 aromatic carbocycles. The van der Waals surface area contributed by atoms with E-state index >= 15 is 0 Å². The molecule has 0 fully saturated rings. The quantitative estimate of drug-likeness (QED) is 0.680. The molecule has 8 heteroatoms. The van der Waals surface area contributed by atoms with Gasteiger partial charge in [-0.15, -0.1) is 0 Å². The van der Waals surface area contributed by atoms with E-state index in [2.05, 4.69) is 27.9 Å². The Morgan fingerprint density at radius 3 is 2.80 bits per heavy atom. The van der Waals surface area contributed by atoms with Crippen molar-refractivity contribution in [2.75, 3.05) is 12.3 Å². The Labute approximate surface area is 153 Å². The number of nitrogens with one attached hydrogen (secondary N) is 1. The minimum atomic E-state index is -3.57. The highest BCUT2D eigenvalue weighted by atomic mass is 32.2. The van der Waals surface area contributed by atoms with Crippen molar-refractivity contribution >= 4 is 38.5 Å². The molecule has 0 saturated heterocycles. The molecule has 1 aromatic heterocycles. The summed E-state index contributed by atoms with van der Waals surface area (Å²) in [6.07, 6.45) is 4.34. The van der Waals surface area contributed by atoms with Gasteiger partial charge in [-0.05, 0) is 24.5 Å². The van der Waals surface area contributed by atoms with Gasteiger partial charge in [0.1, 0.15) is 11.0 Å². The number of benzene rings is 1. The van der Waals surface area contributed by atoms with Crippen molar-refractivity contribution in [1.29, 1.82) is 0 Å². The standard InChI is InChI=1S/C17H25N3O3S2/c1-3-5-7-13(4-2)12-18-16(21)10-11-25(22,23)15-9-6-8-14-17(15)20-24-19-14/h6,8-9,13H,3-5,7,10-12H2,1-2H3,(H,18,21)/t13-/m0/s1. The van der Waals surface area contributed by atoms with Gasteiger partial charge in [0.15, 0.2) is 9.84 Å². The topological polar surface area (TPSA) is 89.0 Å². The highest BCUT2D eigenvalue weighted by Crippen LogP contribution is 2.22. The molecule has 1 amide bonds. The molecule has 0 bridgehead atoms. The van der Waals surface area contributed by atoms with E-state index in [9.17, 15) is 13.2 Å². The molecule has 0 unspecified atom stereocenters. The normalized spacial score (nSPS) is 13.0. The summed E-state index contributed by atoms with van der Waals surface area (Å²) in [7, 11) is -3.57. The van der Waals surface area contributed by atoms with Gasteiger partial charge >= 0.3 is 0 Å². The zero-order chi connectivity index (χ0) is 18.3. The molecule has 1 heterocycles. The average Bonchev–Trinajstić information content (AvgIpc) is 3.08. The van der Waals surface area contributed by atoms with E-state index in [0.717, 1.165) is 37.4 Å². The van der Waals surface area contributed by atoms with E-state index in [1.54, 1.807) is 12.1 Å². The number of hydrogen-bond donors (Lipinski definition) is 1. The van der Waals surface area contributed by atoms with Crippen LogP contribution >= 0.6 is 11.7 Å². The van der Waals surface area contributed by atoms with Gasteiger partial charge in [0, 0.05) is 13.0 Å². The molecule has 6 nitrogen and oxygen atoms in total. The molecule has 1 atom stereocenters. The van der Waals surface area contributed by atoms with Crippen LogP contribution in [0.4, 0.5) is 0 Å². The summed E-state index contributed by atoms with van der Waals surface area (Å²) in [5, 5.41) is 2.87. The molecule has 25 heavy (non-hydrogen) atoms. The first-order valence-electron chi connectivity index (χ1n) is 8.68. The molecule has 0 spiro atoms. The largest absolute Gasteiger partial charge is 0.356 e. The van der Waals surface area contributed by atoms with Crippen molar-refractivity contribution in [1.82, 2.24) is 14.1 Å². The molecule has 0 aliphatic rings. The lowest BCUT2D eigenvalue weighted by Gasteiger charge is -2.15. The molecule has 0 aliphatic carbocycles. The molecule has 0 saturated carbocycles. The minimum Gasteiger partial charge on any atom is -0.356 e. The van der Waals surface area contributed by atoms with E-state index in [0.29, 0.717) is 23.5 Å². The first-order chi connectivity index (χ1) is 12.0. The average molecular weight is 384 g/mol. The number of amides is 1. The van der Waals surface area contributed by atoms with Gasteiger partial charge in [-0.1, -0.05) is 39.2 Å². The summed E-state index contributed by atoms with van der Waals surface area (Å²) < 4.78 is 33.2. The van der Waals surface area contributed by atoms with Crippen molar-refractivity contribution in [2.24, 2.45) is 5.92 Å². The molecular formula is C17H25N3O3S2. The number of fused-ring (bicyclic) bond motifs is 1. The number of sulfone groups is 1. The van der Waals surface area contributed by atoms with Crippen LogP contribution in [0.25, 0.3) is 11.0 Å². The van der Waals surface area contributed by atoms with Crippen molar-refractivity contribution in [3.05, 3.63) is 18.2 Å². The van der Waals surface area contributed by atoms with Gasteiger partial charge in [-0.3, -0.25) is 4.79 Å². The Kier molecular flexibility index (Phi) is 7.31. The van der Waals surface area contributed by atoms with Gasteiger partial charge in [-0.2, -0.15) is 8.75 Å². The third kappa shape index (κ3) is 5.47. The minimum absolute atomic E-state index is 0.0412. The summed E-state index contributed by atoms with van der Waals surface area (Å²) in [5.41, 5.74) is 0.954. The Morgan fingerprint density at radius 1 is 1.28 bits per heavy atom. The lowest BCUT2D eigenvalue weighted by atomic mass is 9.99. The van der Waals surface area contributed by atoms with Crippen molar-refractivity contribution in [2.45, 2.75) is 50.8 Å². The number of carbonyl (C=O) groups is 1. The number of hydrogen-bond acceptors (Lipinski definition) is 6. The predicted octanol–water partition coefficient (Wildman–Crippen LogP) is 3.19. The number of unbranched alkanes of at least 4 members (excludes halogenated alkanes) is 1. The van der Waals surface area contributed by atoms with Gasteiger partial charge < -0.3 is 5.32 Å². The summed E-state index contributed by atoms with van der Waals surface area (Å²) in [6.45, 7) is 4.87. The zero-order valence-electron chi connectivity index (χ0n) is 14.7. The molecule has 0 aliphatic heterocycles. The molecule has 0 radical (unpaired) electrons. The van der Waals surface area contributed by atoms with Crippen LogP contribution in [0.3, 0.4) is 0 Å². The Morgan fingerprint density at radius 2 is 2.08 bits per heavy atom. The molecule has 1 N–H and O–H groups in total. The summed E-state index contributed by atoms with van der Waals surface area (Å²) in [4.78, 5) is 12.2. The van der Waals surface area contributed by atoms with Crippen molar-refractivity contribution in [3.8, 4) is 0 Å². The fourth-order valence-corrected chi connectivity index (χ4v) is 4.67. The Hall–Kier alpha value is -1.54. The Balaban J connectivity index is 1.91. The second-order valence-corrected chi connectivity index (χ2v) is 8.78. The number of aromatic nitrogens is 2. The van der Waals surface area contributed by atoms with E-state index in [4.69, 9.17) is 0 Å². The van der Waals surface area contributed by atoms with Crippen molar-refractivity contribution < 1.29 is 13.2 Å². The molecule has 2 aromatic rings. The molecule has 2 rings (SSSR count). The van der Waals surface area contributed by atoms with Gasteiger partial charge in [0.25, 0.3) is 0 Å². The van der Waals surface area contributed by atoms with Crippen LogP contribution in [0.15, 0.2) is 23.1 Å². The molecule has 138 valence electrons. The first-order valence-corrected chi connectivity index (χ1v) is 11.1. The van der Waals surface area contributed by atoms with Crippen LogP contribution < -0.4 is 5.32 Å². The van der Waals surface area contributed by atoms with Crippen LogP contribution in [-0.4, -0.2) is 35.4 Å². The lowest BCUT2D eigenvalue weighted by Crippen LogP contribution is -2.30. The molecular weight excluding hydrogens is 358 g/mol. The lowest BCUT2D eigenvalue weighted by molar-refractivity contribution is -0.120. The number of nitrogens with zero attached hydrogens (tertiary/aromatic N) is 2. The summed E-state index contributed by atoms with van der Waals surface area (Å²) >= 11 is 0.984. The fraction of sp³-hybridized carbons (Fsp3) is 0.588. The highest BCUT2D eigenvalue weighted by Gasteiger charge is 2.21. The predicted molar refractivity (Wildman–Crippen MR) is 100 cm³/mol. The number of rotatable bonds is 10. The number of carbonyl (C=O) groups excluding carboxylic acids is 1. The van der Waals surface area contributed by atoms with Crippen LogP contribution in [0.5, 0.6) is 0 Å². The maximum absolute atomic E-state index is 12.5. The summed E-state index contributed by atoms with van der Waals surface area (Å²) in [5.74, 6) is 0.0127. The van der Waals surface area contributed by atoms with Gasteiger partial charge in [0.05, 0.1) is 22.4 Å². The van der Waals surface area contributed by atoms with E-state index in [-0.39, 0.29) is 23.0 Å². The van der Waals surface area contributed by atoms with Crippen LogP contribution in [0, 0.1) is 5.92 Å². The van der Waals surface area contributed by atoms with Crippen molar-refractivity contribution in [3.63, 3.8) is 0 Å². The van der Waals surface area contributed by atoms with Crippen LogP contribution in [0.2, 0.25) is 0 Å². The second kappa shape index (κ2) is 9.24. The maximum Gasteiger partial charge on any atom is 0.221 e. The smallest absolute Gasteiger partial charge is 0.221 e. The van der Waals surface area contributed by atoms with E-state index < -0.39 is 9.84 Å². The van der Waals surface area contributed by atoms with Crippen LogP contribution in [0.1, 0.15) is 46.0 Å². The van der Waals surface area contributed by atoms with E-state index in [1.807, 2.05) is 0 Å². The monoisotopic (exact) mass is 383 g/mol. The second-order valence-electron chi connectivity index (χ2n) is 6.18. The first kappa shape index (κ1) is 19.8. The summed E-state index contributed by atoms with van der Waals surface area (Å²) in [6, 6.07) is 4.90. The Bertz CT molecular complexity index is 802. The highest BCUT2D eigenvalue weighted by molar-refractivity contribution is 7.91. The zero-order valence-corrected chi connectivity index (χ0v) is 16.3.